The Morgan fingerprint density at radius 2 is 1.96 bits per heavy atom. The number of nitrogens with zero attached hydrogens (tertiary/aromatic N) is 3. The number of para-hydroxylation sites is 1. The maximum atomic E-state index is 12.8. The fourth-order valence-electron chi connectivity index (χ4n) is 2.53. The molecule has 0 aliphatic heterocycles. The first-order valence-electron chi connectivity index (χ1n) is 7.77. The number of aromatic nitrogens is 2. The van der Waals surface area contributed by atoms with Gasteiger partial charge in [-0.3, -0.25) is 4.79 Å². The van der Waals surface area contributed by atoms with E-state index in [0.29, 0.717) is 17.3 Å². The summed E-state index contributed by atoms with van der Waals surface area (Å²) < 4.78 is 6.97. The van der Waals surface area contributed by atoms with Gasteiger partial charge in [0.25, 0.3) is 5.91 Å². The molecule has 2 aromatic carbocycles. The summed E-state index contributed by atoms with van der Waals surface area (Å²) in [7, 11) is 3.25. The van der Waals surface area contributed by atoms with Crippen LogP contribution in [0.1, 0.15) is 16.1 Å². The lowest BCUT2D eigenvalue weighted by Gasteiger charge is -2.16. The first-order valence-corrected chi connectivity index (χ1v) is 8.15. The van der Waals surface area contributed by atoms with Crippen molar-refractivity contribution in [3.8, 4) is 11.4 Å². The minimum atomic E-state index is -0.216. The van der Waals surface area contributed by atoms with Gasteiger partial charge in [0.2, 0.25) is 0 Å². The Kier molecular flexibility index (Phi) is 5.05. The van der Waals surface area contributed by atoms with Crippen LogP contribution in [0.2, 0.25) is 5.02 Å². The predicted molar refractivity (Wildman–Crippen MR) is 97.4 cm³/mol. The van der Waals surface area contributed by atoms with E-state index >= 15 is 0 Å². The zero-order chi connectivity index (χ0) is 17.8. The van der Waals surface area contributed by atoms with Crippen LogP contribution >= 0.6 is 11.6 Å². The fourth-order valence-corrected chi connectivity index (χ4v) is 2.74. The van der Waals surface area contributed by atoms with Crippen LogP contribution < -0.4 is 4.74 Å². The molecule has 1 amide bonds. The highest BCUT2D eigenvalue weighted by Crippen LogP contribution is 2.21. The second-order valence-electron chi connectivity index (χ2n) is 5.62. The number of carbonyl (C=O) groups is 1. The quantitative estimate of drug-likeness (QED) is 0.699. The molecule has 3 aromatic rings. The van der Waals surface area contributed by atoms with Crippen LogP contribution in [0.5, 0.6) is 5.75 Å². The monoisotopic (exact) mass is 355 g/mol. The number of benzene rings is 2. The van der Waals surface area contributed by atoms with Gasteiger partial charge in [0.05, 0.1) is 19.0 Å². The van der Waals surface area contributed by atoms with Crippen LogP contribution in [-0.4, -0.2) is 34.7 Å². The van der Waals surface area contributed by atoms with Crippen LogP contribution in [0.4, 0.5) is 0 Å². The van der Waals surface area contributed by atoms with E-state index < -0.39 is 0 Å². The largest absolute Gasteiger partial charge is 0.493 e. The van der Waals surface area contributed by atoms with Gasteiger partial charge >= 0.3 is 0 Å². The first kappa shape index (κ1) is 17.0. The Morgan fingerprint density at radius 3 is 2.64 bits per heavy atom. The maximum Gasteiger partial charge on any atom is 0.278 e. The van der Waals surface area contributed by atoms with Gasteiger partial charge < -0.3 is 9.64 Å². The first-order chi connectivity index (χ1) is 12.1. The summed E-state index contributed by atoms with van der Waals surface area (Å²) in [4.78, 5) is 14.4. The van der Waals surface area contributed by atoms with E-state index in [0.717, 1.165) is 11.3 Å². The molecule has 0 aliphatic carbocycles. The van der Waals surface area contributed by atoms with Gasteiger partial charge in [-0.15, -0.1) is 0 Å². The zero-order valence-electron chi connectivity index (χ0n) is 14.0. The van der Waals surface area contributed by atoms with Crippen LogP contribution in [0.15, 0.2) is 60.8 Å². The van der Waals surface area contributed by atoms with Crippen molar-refractivity contribution in [2.24, 2.45) is 0 Å². The Balaban J connectivity index is 1.85. The summed E-state index contributed by atoms with van der Waals surface area (Å²) in [5.74, 6) is 0.221. The van der Waals surface area contributed by atoms with Crippen molar-refractivity contribution < 1.29 is 9.53 Å². The summed E-state index contributed by atoms with van der Waals surface area (Å²) in [6, 6.07) is 17.0. The van der Waals surface area contributed by atoms with Crippen LogP contribution in [-0.2, 0) is 6.54 Å². The third kappa shape index (κ3) is 3.83. The summed E-state index contributed by atoms with van der Waals surface area (Å²) in [5, 5.41) is 5.05. The van der Waals surface area contributed by atoms with E-state index in [2.05, 4.69) is 5.10 Å². The van der Waals surface area contributed by atoms with Crippen molar-refractivity contribution in [1.29, 1.82) is 0 Å². The molecule has 0 spiro atoms. The molecule has 0 saturated carbocycles. The molecular weight excluding hydrogens is 338 g/mol. The highest BCUT2D eigenvalue weighted by molar-refractivity contribution is 6.30. The minimum Gasteiger partial charge on any atom is -0.493 e. The van der Waals surface area contributed by atoms with Crippen LogP contribution in [0.25, 0.3) is 5.69 Å². The maximum absolute atomic E-state index is 12.8. The van der Waals surface area contributed by atoms with Crippen molar-refractivity contribution in [2.75, 3.05) is 14.2 Å². The topological polar surface area (TPSA) is 47.4 Å². The Labute approximate surface area is 151 Å². The molecule has 0 fully saturated rings. The van der Waals surface area contributed by atoms with Crippen molar-refractivity contribution in [1.82, 2.24) is 14.7 Å². The van der Waals surface area contributed by atoms with E-state index in [1.807, 2.05) is 48.5 Å². The Bertz CT molecular complexity index is 877. The van der Waals surface area contributed by atoms with Crippen molar-refractivity contribution in [3.05, 3.63) is 77.1 Å². The number of hydrogen-bond acceptors (Lipinski definition) is 3. The number of methoxy groups -OCH3 is 1. The van der Waals surface area contributed by atoms with Gasteiger partial charge in [-0.05, 0) is 29.8 Å². The number of carbonyl (C=O) groups excluding carboxylic acids is 1. The van der Waals surface area contributed by atoms with E-state index in [9.17, 15) is 4.79 Å². The van der Waals surface area contributed by atoms with E-state index in [1.165, 1.54) is 7.11 Å². The normalized spacial score (nSPS) is 10.5. The highest BCUT2D eigenvalue weighted by atomic mass is 35.5. The van der Waals surface area contributed by atoms with Gasteiger partial charge in [-0.25, -0.2) is 4.68 Å². The third-order valence-corrected chi connectivity index (χ3v) is 4.01. The predicted octanol–water partition coefficient (Wildman–Crippen LogP) is 3.81. The fraction of sp³-hybridized carbons (Fsp3) is 0.158. The lowest BCUT2D eigenvalue weighted by atomic mass is 10.2. The molecule has 5 nitrogen and oxygen atoms in total. The van der Waals surface area contributed by atoms with Gasteiger partial charge in [0, 0.05) is 18.6 Å². The molecule has 0 bridgehead atoms. The molecule has 0 aliphatic rings. The lowest BCUT2D eigenvalue weighted by Crippen LogP contribution is -2.27. The third-order valence-electron chi connectivity index (χ3n) is 3.78. The van der Waals surface area contributed by atoms with Crippen LogP contribution in [0.3, 0.4) is 0 Å². The van der Waals surface area contributed by atoms with Gasteiger partial charge in [0.15, 0.2) is 11.4 Å². The lowest BCUT2D eigenvalue weighted by molar-refractivity contribution is 0.0775. The molecule has 1 aromatic heterocycles. The van der Waals surface area contributed by atoms with E-state index in [4.69, 9.17) is 16.3 Å². The number of halogens is 1. The second-order valence-corrected chi connectivity index (χ2v) is 6.05. The standard InChI is InChI=1S/C19H18ClN3O2/c1-22(12-14-7-6-8-15(20)11-14)19(24)18-17(25-2)13-23(21-18)16-9-4-3-5-10-16/h3-11,13H,12H2,1-2H3. The number of ether oxygens (including phenoxy) is 1. The smallest absolute Gasteiger partial charge is 0.278 e. The molecule has 0 atom stereocenters. The van der Waals surface area contributed by atoms with E-state index in [1.54, 1.807) is 28.9 Å². The summed E-state index contributed by atoms with van der Waals surface area (Å²) in [6.45, 7) is 0.431. The molecule has 25 heavy (non-hydrogen) atoms. The van der Waals surface area contributed by atoms with E-state index in [-0.39, 0.29) is 11.6 Å². The van der Waals surface area contributed by atoms with Crippen molar-refractivity contribution in [3.63, 3.8) is 0 Å². The average Bonchev–Trinajstić information content (AvgIpc) is 3.06. The van der Waals surface area contributed by atoms with Gasteiger partial charge in [0.1, 0.15) is 0 Å². The van der Waals surface area contributed by atoms with Crippen molar-refractivity contribution in [2.45, 2.75) is 6.54 Å². The summed E-state index contributed by atoms with van der Waals surface area (Å²) >= 11 is 6.00. The van der Waals surface area contributed by atoms with Gasteiger partial charge in [-0.2, -0.15) is 5.10 Å². The molecule has 3 rings (SSSR count). The molecule has 0 unspecified atom stereocenters. The molecule has 0 saturated heterocycles. The zero-order valence-corrected chi connectivity index (χ0v) is 14.8. The Hall–Kier alpha value is -2.79. The average molecular weight is 356 g/mol. The molecule has 6 heteroatoms. The minimum absolute atomic E-state index is 0.216. The van der Waals surface area contributed by atoms with Crippen LogP contribution in [0, 0.1) is 0 Å². The van der Waals surface area contributed by atoms with Crippen molar-refractivity contribution >= 4 is 17.5 Å². The molecule has 128 valence electrons. The number of amides is 1. The summed E-state index contributed by atoms with van der Waals surface area (Å²) in [6.07, 6.45) is 1.70. The molecule has 1 heterocycles. The molecule has 0 radical (unpaired) electrons. The molecule has 0 N–H and O–H groups in total. The Morgan fingerprint density at radius 1 is 1.20 bits per heavy atom. The highest BCUT2D eigenvalue weighted by Gasteiger charge is 2.22. The number of hydrogen-bond donors (Lipinski definition) is 0. The SMILES string of the molecule is COc1cn(-c2ccccc2)nc1C(=O)N(C)Cc1cccc(Cl)c1. The van der Waals surface area contributed by atoms with Gasteiger partial charge in [-0.1, -0.05) is 41.9 Å². The summed E-state index contributed by atoms with van der Waals surface area (Å²) in [5.41, 5.74) is 2.08. The molecular formula is C19H18ClN3O2. The number of rotatable bonds is 5. The second kappa shape index (κ2) is 7.40.